The summed E-state index contributed by atoms with van der Waals surface area (Å²) in [7, 11) is -2.16. The third-order valence-electron chi connectivity index (χ3n) is 4.36. The van der Waals surface area contributed by atoms with Gasteiger partial charge in [-0.1, -0.05) is 23.4 Å². The van der Waals surface area contributed by atoms with Crippen LogP contribution in [-0.4, -0.2) is 25.7 Å². The first kappa shape index (κ1) is 16.5. The average molecular weight is 368 g/mol. The van der Waals surface area contributed by atoms with Gasteiger partial charge in [-0.3, -0.25) is 4.98 Å². The largest absolute Gasteiger partial charge is 0.496 e. The second-order valence-electron chi connectivity index (χ2n) is 6.00. The minimum atomic E-state index is -3.68. The quantitative estimate of drug-likeness (QED) is 0.547. The summed E-state index contributed by atoms with van der Waals surface area (Å²) in [5, 5.41) is 5.35. The Labute approximate surface area is 150 Å². The number of para-hydroxylation sites is 1. The number of methoxy groups -OCH3 is 1. The van der Waals surface area contributed by atoms with Gasteiger partial charge in [-0.05, 0) is 36.8 Å². The molecule has 0 aliphatic rings. The fourth-order valence-corrected chi connectivity index (χ4v) is 4.54. The van der Waals surface area contributed by atoms with Crippen molar-refractivity contribution in [2.24, 2.45) is 0 Å². The van der Waals surface area contributed by atoms with Gasteiger partial charge in [-0.15, -0.1) is 0 Å². The lowest BCUT2D eigenvalue weighted by Crippen LogP contribution is -2.07. The minimum Gasteiger partial charge on any atom is -0.496 e. The molecule has 0 radical (unpaired) electrons. The van der Waals surface area contributed by atoms with E-state index in [9.17, 15) is 8.42 Å². The Bertz CT molecular complexity index is 1230. The van der Waals surface area contributed by atoms with Crippen molar-refractivity contribution in [3.8, 4) is 5.75 Å². The van der Waals surface area contributed by atoms with E-state index in [1.807, 2.05) is 19.1 Å². The molecule has 0 saturated carbocycles. The number of aryl methyl sites for hydroxylation is 1. The first-order valence-electron chi connectivity index (χ1n) is 7.99. The molecule has 6 nitrogen and oxygen atoms in total. The van der Waals surface area contributed by atoms with E-state index in [-0.39, 0.29) is 10.6 Å². The number of rotatable bonds is 4. The fourth-order valence-electron chi connectivity index (χ4n) is 3.09. The molecule has 26 heavy (non-hydrogen) atoms. The maximum Gasteiger partial charge on any atom is 0.186 e. The fraction of sp³-hybridized carbons (Fsp3) is 0.158. The Hall–Kier alpha value is -2.93. The van der Waals surface area contributed by atoms with E-state index in [1.165, 1.54) is 7.11 Å². The van der Waals surface area contributed by atoms with Crippen molar-refractivity contribution in [1.82, 2.24) is 10.1 Å². The molecule has 4 aromatic rings. The van der Waals surface area contributed by atoms with Crippen molar-refractivity contribution in [1.29, 1.82) is 0 Å². The zero-order valence-corrected chi connectivity index (χ0v) is 15.1. The van der Waals surface area contributed by atoms with Gasteiger partial charge >= 0.3 is 0 Å². The lowest BCUT2D eigenvalue weighted by atomic mass is 10.1. The molecule has 0 spiro atoms. The zero-order chi connectivity index (χ0) is 18.3. The number of fused-ring (bicyclic) bond motifs is 2. The molecule has 0 N–H and O–H groups in total. The second kappa shape index (κ2) is 6.10. The van der Waals surface area contributed by atoms with Crippen molar-refractivity contribution < 1.29 is 17.7 Å². The third-order valence-corrected chi connectivity index (χ3v) is 6.02. The Balaban J connectivity index is 1.86. The zero-order valence-electron chi connectivity index (χ0n) is 14.3. The molecule has 7 heteroatoms. The van der Waals surface area contributed by atoms with Gasteiger partial charge in [0.15, 0.2) is 15.4 Å². The molecule has 2 aromatic carbocycles. The van der Waals surface area contributed by atoms with Crippen LogP contribution in [0.5, 0.6) is 5.75 Å². The van der Waals surface area contributed by atoms with Gasteiger partial charge in [-0.25, -0.2) is 8.42 Å². The van der Waals surface area contributed by atoms with E-state index in [0.29, 0.717) is 27.9 Å². The van der Waals surface area contributed by atoms with Gasteiger partial charge < -0.3 is 9.26 Å². The molecule has 4 rings (SSSR count). The highest BCUT2D eigenvalue weighted by atomic mass is 32.2. The number of hydrogen-bond acceptors (Lipinski definition) is 6. The SMILES string of the molecule is COc1cccc2onc(CS(=O)(=O)c3cccc4c(C)ccnc34)c12. The number of pyridine rings is 1. The predicted molar refractivity (Wildman–Crippen MR) is 97.9 cm³/mol. The number of ether oxygens (including phenoxy) is 1. The van der Waals surface area contributed by atoms with Gasteiger partial charge in [0, 0.05) is 11.6 Å². The molecule has 0 amide bonds. The van der Waals surface area contributed by atoms with Crippen LogP contribution in [0.1, 0.15) is 11.3 Å². The first-order chi connectivity index (χ1) is 12.5. The van der Waals surface area contributed by atoms with Crippen LogP contribution in [-0.2, 0) is 15.6 Å². The molecule has 0 saturated heterocycles. The molecule has 0 unspecified atom stereocenters. The maximum absolute atomic E-state index is 13.1. The van der Waals surface area contributed by atoms with Gasteiger partial charge in [0.1, 0.15) is 17.2 Å². The van der Waals surface area contributed by atoms with Crippen molar-refractivity contribution in [2.75, 3.05) is 7.11 Å². The van der Waals surface area contributed by atoms with E-state index in [2.05, 4.69) is 10.1 Å². The van der Waals surface area contributed by atoms with Gasteiger partial charge in [0.25, 0.3) is 0 Å². The molecular formula is C19H16N2O4S. The van der Waals surface area contributed by atoms with Gasteiger partial charge in [0.05, 0.1) is 22.9 Å². The van der Waals surface area contributed by atoms with Crippen molar-refractivity contribution >= 4 is 31.7 Å². The molecular weight excluding hydrogens is 352 g/mol. The highest BCUT2D eigenvalue weighted by molar-refractivity contribution is 7.90. The van der Waals surface area contributed by atoms with E-state index < -0.39 is 9.84 Å². The Morgan fingerprint density at radius 1 is 1.12 bits per heavy atom. The van der Waals surface area contributed by atoms with Crippen LogP contribution in [0.25, 0.3) is 21.9 Å². The molecule has 0 aliphatic carbocycles. The van der Waals surface area contributed by atoms with Crippen LogP contribution >= 0.6 is 0 Å². The summed E-state index contributed by atoms with van der Waals surface area (Å²) in [4.78, 5) is 4.47. The van der Waals surface area contributed by atoms with Crippen LogP contribution in [0.4, 0.5) is 0 Å². The Morgan fingerprint density at radius 2 is 1.92 bits per heavy atom. The molecule has 0 bridgehead atoms. The molecule has 132 valence electrons. The van der Waals surface area contributed by atoms with Crippen molar-refractivity contribution in [3.63, 3.8) is 0 Å². The summed E-state index contributed by atoms with van der Waals surface area (Å²) in [5.41, 5.74) is 2.25. The summed E-state index contributed by atoms with van der Waals surface area (Å²) in [6.07, 6.45) is 1.62. The van der Waals surface area contributed by atoms with Crippen LogP contribution in [0, 0.1) is 6.92 Å². The summed E-state index contributed by atoms with van der Waals surface area (Å²) in [5.74, 6) is 0.232. The standard InChI is InChI=1S/C19H16N2O4S/c1-12-9-10-20-19-13(12)5-3-8-17(19)26(22,23)11-14-18-15(24-2)6-4-7-16(18)25-21-14/h3-10H,11H2,1-2H3. The normalized spacial score (nSPS) is 11.9. The first-order valence-corrected chi connectivity index (χ1v) is 9.65. The van der Waals surface area contributed by atoms with Crippen molar-refractivity contribution in [3.05, 3.63) is 59.9 Å². The highest BCUT2D eigenvalue weighted by Crippen LogP contribution is 2.32. The maximum atomic E-state index is 13.1. The van der Waals surface area contributed by atoms with E-state index in [4.69, 9.17) is 9.26 Å². The minimum absolute atomic E-state index is 0.185. The highest BCUT2D eigenvalue weighted by Gasteiger charge is 2.24. The van der Waals surface area contributed by atoms with Gasteiger partial charge in [-0.2, -0.15) is 0 Å². The van der Waals surface area contributed by atoms with E-state index in [0.717, 1.165) is 10.9 Å². The topological polar surface area (TPSA) is 82.3 Å². The lowest BCUT2D eigenvalue weighted by molar-refractivity contribution is 0.419. The lowest BCUT2D eigenvalue weighted by Gasteiger charge is -2.08. The summed E-state index contributed by atoms with van der Waals surface area (Å²) < 4.78 is 36.8. The van der Waals surface area contributed by atoms with Crippen LogP contribution in [0.2, 0.25) is 0 Å². The number of sulfone groups is 1. The number of benzene rings is 2. The second-order valence-corrected chi connectivity index (χ2v) is 7.96. The van der Waals surface area contributed by atoms with Gasteiger partial charge in [0.2, 0.25) is 0 Å². The predicted octanol–water partition coefficient (Wildman–Crippen LogP) is 3.67. The molecule has 2 heterocycles. The van der Waals surface area contributed by atoms with Crippen LogP contribution in [0.3, 0.4) is 0 Å². The van der Waals surface area contributed by atoms with E-state index >= 15 is 0 Å². The monoisotopic (exact) mass is 368 g/mol. The van der Waals surface area contributed by atoms with Crippen LogP contribution in [0.15, 0.2) is 58.1 Å². The number of aromatic nitrogens is 2. The Morgan fingerprint density at radius 3 is 2.73 bits per heavy atom. The summed E-state index contributed by atoms with van der Waals surface area (Å²) in [6, 6.07) is 12.3. The average Bonchev–Trinajstić information content (AvgIpc) is 3.04. The summed E-state index contributed by atoms with van der Waals surface area (Å²) in [6.45, 7) is 1.93. The third kappa shape index (κ3) is 2.61. The molecule has 0 atom stereocenters. The number of nitrogens with zero attached hydrogens (tertiary/aromatic N) is 2. The smallest absolute Gasteiger partial charge is 0.186 e. The number of hydrogen-bond donors (Lipinski definition) is 0. The molecule has 0 fully saturated rings. The molecule has 2 aromatic heterocycles. The Kier molecular flexibility index (Phi) is 3.88. The van der Waals surface area contributed by atoms with E-state index in [1.54, 1.807) is 36.5 Å². The summed E-state index contributed by atoms with van der Waals surface area (Å²) >= 11 is 0. The van der Waals surface area contributed by atoms with Crippen molar-refractivity contribution in [2.45, 2.75) is 17.6 Å². The molecule has 0 aliphatic heterocycles. The van der Waals surface area contributed by atoms with Crippen LogP contribution < -0.4 is 4.74 Å².